The van der Waals surface area contributed by atoms with E-state index >= 15 is 0 Å². The van der Waals surface area contributed by atoms with Gasteiger partial charge in [0.05, 0.1) is 14.2 Å². The highest BCUT2D eigenvalue weighted by molar-refractivity contribution is 5.77. The first-order valence-electron chi connectivity index (χ1n) is 6.61. The number of aryl methyl sites for hydroxylation is 1. The maximum Gasteiger partial charge on any atom is 0.327 e. The number of esters is 1. The average Bonchev–Trinajstić information content (AvgIpc) is 3.23. The Hall–Kier alpha value is -1.55. The Bertz CT molecular complexity index is 455. The van der Waals surface area contributed by atoms with Crippen molar-refractivity contribution >= 4 is 5.97 Å². The van der Waals surface area contributed by atoms with Crippen molar-refractivity contribution in [2.24, 2.45) is 5.92 Å². The summed E-state index contributed by atoms with van der Waals surface area (Å²) in [7, 11) is 3.07. The molecule has 0 aliphatic heterocycles. The van der Waals surface area contributed by atoms with E-state index in [1.807, 2.05) is 25.1 Å². The normalized spacial score (nSPS) is 15.9. The van der Waals surface area contributed by atoms with Crippen molar-refractivity contribution in [3.8, 4) is 5.75 Å². The second-order valence-electron chi connectivity index (χ2n) is 5.04. The van der Waals surface area contributed by atoms with Gasteiger partial charge < -0.3 is 14.8 Å². The lowest BCUT2D eigenvalue weighted by Gasteiger charge is -2.18. The van der Waals surface area contributed by atoms with Gasteiger partial charge in [0.2, 0.25) is 0 Å². The van der Waals surface area contributed by atoms with Crippen molar-refractivity contribution in [3.63, 3.8) is 0 Å². The highest BCUT2D eigenvalue weighted by atomic mass is 16.5. The molecule has 1 aromatic rings. The summed E-state index contributed by atoms with van der Waals surface area (Å²) >= 11 is 0. The van der Waals surface area contributed by atoms with Gasteiger partial charge in [0, 0.05) is 0 Å². The zero-order valence-corrected chi connectivity index (χ0v) is 11.7. The Balaban J connectivity index is 2.15. The lowest BCUT2D eigenvalue weighted by molar-refractivity contribution is -0.143. The summed E-state index contributed by atoms with van der Waals surface area (Å²) in [5, 5.41) is 3.30. The molecule has 1 fully saturated rings. The van der Waals surface area contributed by atoms with E-state index in [1.165, 1.54) is 20.0 Å². The standard InChI is InChI=1S/C15H21NO3/c1-10-8-12(6-7-13(10)18-2)14(15(17)19-3)16-9-11-4-5-11/h6-8,11,14,16H,4-5,9H2,1-3H3. The predicted octanol–water partition coefficient (Wildman–Crippen LogP) is 2.22. The van der Waals surface area contributed by atoms with Crippen LogP contribution in [-0.4, -0.2) is 26.7 Å². The molecule has 4 heteroatoms. The number of carbonyl (C=O) groups is 1. The third-order valence-electron chi connectivity index (χ3n) is 3.50. The highest BCUT2D eigenvalue weighted by Crippen LogP contribution is 2.29. The Morgan fingerprint density at radius 3 is 2.68 bits per heavy atom. The third kappa shape index (κ3) is 3.47. The largest absolute Gasteiger partial charge is 0.496 e. The number of benzene rings is 1. The van der Waals surface area contributed by atoms with E-state index in [0.29, 0.717) is 5.92 Å². The number of hydrogen-bond donors (Lipinski definition) is 1. The maximum absolute atomic E-state index is 11.9. The van der Waals surface area contributed by atoms with Crippen LogP contribution in [0.3, 0.4) is 0 Å². The lowest BCUT2D eigenvalue weighted by atomic mass is 10.0. The smallest absolute Gasteiger partial charge is 0.327 e. The van der Waals surface area contributed by atoms with Gasteiger partial charge in [0.25, 0.3) is 0 Å². The maximum atomic E-state index is 11.9. The molecule has 4 nitrogen and oxygen atoms in total. The van der Waals surface area contributed by atoms with Gasteiger partial charge in [-0.15, -0.1) is 0 Å². The molecule has 0 bridgehead atoms. The average molecular weight is 263 g/mol. The van der Waals surface area contributed by atoms with Crippen LogP contribution in [0, 0.1) is 12.8 Å². The molecular formula is C15H21NO3. The fourth-order valence-electron chi connectivity index (χ4n) is 2.14. The van der Waals surface area contributed by atoms with Crippen molar-refractivity contribution in [3.05, 3.63) is 29.3 Å². The molecule has 19 heavy (non-hydrogen) atoms. The van der Waals surface area contributed by atoms with E-state index in [1.54, 1.807) is 7.11 Å². The molecule has 1 aliphatic carbocycles. The molecule has 0 radical (unpaired) electrons. The molecule has 0 aromatic heterocycles. The minimum Gasteiger partial charge on any atom is -0.496 e. The summed E-state index contributed by atoms with van der Waals surface area (Å²) in [5.74, 6) is 1.30. The first-order chi connectivity index (χ1) is 9.15. The van der Waals surface area contributed by atoms with Gasteiger partial charge >= 0.3 is 5.97 Å². The first-order valence-corrected chi connectivity index (χ1v) is 6.61. The number of rotatable bonds is 6. The first kappa shape index (κ1) is 13.9. The van der Waals surface area contributed by atoms with Crippen molar-refractivity contribution in [2.45, 2.75) is 25.8 Å². The summed E-state index contributed by atoms with van der Waals surface area (Å²) in [6.07, 6.45) is 2.51. The lowest BCUT2D eigenvalue weighted by Crippen LogP contribution is -2.31. The van der Waals surface area contributed by atoms with E-state index in [-0.39, 0.29) is 5.97 Å². The molecule has 0 amide bonds. The molecule has 0 saturated heterocycles. The predicted molar refractivity (Wildman–Crippen MR) is 73.2 cm³/mol. The SMILES string of the molecule is COC(=O)C(NCC1CC1)c1ccc(OC)c(C)c1. The van der Waals surface area contributed by atoms with Gasteiger partial charge in [-0.25, -0.2) is 4.79 Å². The van der Waals surface area contributed by atoms with Crippen LogP contribution in [0.15, 0.2) is 18.2 Å². The molecule has 1 N–H and O–H groups in total. The summed E-state index contributed by atoms with van der Waals surface area (Å²) in [4.78, 5) is 11.9. The monoisotopic (exact) mass is 263 g/mol. The molecule has 1 atom stereocenters. The van der Waals surface area contributed by atoms with Crippen molar-refractivity contribution < 1.29 is 14.3 Å². The van der Waals surface area contributed by atoms with Crippen LogP contribution >= 0.6 is 0 Å². The Kier molecular flexibility index (Phi) is 4.43. The van der Waals surface area contributed by atoms with Crippen LogP contribution < -0.4 is 10.1 Å². The summed E-state index contributed by atoms with van der Waals surface area (Å²) in [6.45, 7) is 2.84. The van der Waals surface area contributed by atoms with Gasteiger partial charge in [0.15, 0.2) is 0 Å². The fraction of sp³-hybridized carbons (Fsp3) is 0.533. The van der Waals surface area contributed by atoms with E-state index in [2.05, 4.69) is 5.32 Å². The van der Waals surface area contributed by atoms with Gasteiger partial charge in [-0.1, -0.05) is 12.1 Å². The van der Waals surface area contributed by atoms with Crippen LogP contribution in [0.4, 0.5) is 0 Å². The van der Waals surface area contributed by atoms with Crippen LogP contribution in [-0.2, 0) is 9.53 Å². The molecule has 1 aromatic carbocycles. The van der Waals surface area contributed by atoms with Crippen LogP contribution in [0.1, 0.15) is 30.0 Å². The molecule has 1 unspecified atom stereocenters. The molecule has 0 spiro atoms. The van der Waals surface area contributed by atoms with Gasteiger partial charge in [0.1, 0.15) is 11.8 Å². The van der Waals surface area contributed by atoms with Crippen molar-refractivity contribution in [1.29, 1.82) is 0 Å². The Labute approximate surface area is 114 Å². The second kappa shape index (κ2) is 6.06. The Morgan fingerprint density at radius 2 is 2.16 bits per heavy atom. The van der Waals surface area contributed by atoms with E-state index in [0.717, 1.165) is 23.4 Å². The third-order valence-corrected chi connectivity index (χ3v) is 3.50. The molecule has 0 heterocycles. The van der Waals surface area contributed by atoms with Crippen LogP contribution in [0.25, 0.3) is 0 Å². The van der Waals surface area contributed by atoms with Gasteiger partial charge in [-0.05, 0) is 49.4 Å². The van der Waals surface area contributed by atoms with E-state index < -0.39 is 6.04 Å². The van der Waals surface area contributed by atoms with Crippen LogP contribution in [0.5, 0.6) is 5.75 Å². The molecule has 1 saturated carbocycles. The highest BCUT2D eigenvalue weighted by Gasteiger charge is 2.26. The topological polar surface area (TPSA) is 47.6 Å². The summed E-state index contributed by atoms with van der Waals surface area (Å²) in [6, 6.07) is 5.38. The van der Waals surface area contributed by atoms with Crippen LogP contribution in [0.2, 0.25) is 0 Å². The summed E-state index contributed by atoms with van der Waals surface area (Å²) < 4.78 is 10.1. The van der Waals surface area contributed by atoms with E-state index in [9.17, 15) is 4.79 Å². The van der Waals surface area contributed by atoms with Crippen molar-refractivity contribution in [2.75, 3.05) is 20.8 Å². The van der Waals surface area contributed by atoms with E-state index in [4.69, 9.17) is 9.47 Å². The zero-order valence-electron chi connectivity index (χ0n) is 11.7. The number of methoxy groups -OCH3 is 2. The molecule has 1 aliphatic rings. The fourth-order valence-corrected chi connectivity index (χ4v) is 2.14. The number of nitrogens with one attached hydrogen (secondary N) is 1. The molecule has 2 rings (SSSR count). The second-order valence-corrected chi connectivity index (χ2v) is 5.04. The minimum absolute atomic E-state index is 0.245. The molecular weight excluding hydrogens is 242 g/mol. The quantitative estimate of drug-likeness (QED) is 0.799. The number of hydrogen-bond acceptors (Lipinski definition) is 4. The zero-order chi connectivity index (χ0) is 13.8. The van der Waals surface area contributed by atoms with Gasteiger partial charge in [-0.3, -0.25) is 0 Å². The van der Waals surface area contributed by atoms with Gasteiger partial charge in [-0.2, -0.15) is 0 Å². The minimum atomic E-state index is -0.393. The Morgan fingerprint density at radius 1 is 1.42 bits per heavy atom. The molecule has 104 valence electrons. The van der Waals surface area contributed by atoms with Crippen molar-refractivity contribution in [1.82, 2.24) is 5.32 Å². The number of carbonyl (C=O) groups excluding carboxylic acids is 1. The number of ether oxygens (including phenoxy) is 2. The summed E-state index contributed by atoms with van der Waals surface area (Å²) in [5.41, 5.74) is 1.94.